The lowest BCUT2D eigenvalue weighted by atomic mass is 9.85. The van der Waals surface area contributed by atoms with Crippen molar-refractivity contribution in [3.8, 4) is 0 Å². The Morgan fingerprint density at radius 1 is 0.500 bits per heavy atom. The van der Waals surface area contributed by atoms with Crippen molar-refractivity contribution < 1.29 is 86.7 Å². The largest absolute Gasteiger partial charge is 0.472 e. The molecule has 9 atom stereocenters. The van der Waals surface area contributed by atoms with Crippen LogP contribution in [0.5, 0.6) is 0 Å². The van der Waals surface area contributed by atoms with Crippen LogP contribution in [0.2, 0.25) is 0 Å². The van der Waals surface area contributed by atoms with Gasteiger partial charge in [-0.15, -0.1) is 0 Å². The molecule has 18 nitrogen and oxygen atoms in total. The summed E-state index contributed by atoms with van der Waals surface area (Å²) >= 11 is 0. The monoisotopic (exact) mass is 1040 g/mol. The number of unbranched alkanes of at least 4 members (excludes halogenated alkanes) is 21. The number of aliphatic hydroxyl groups excluding tert-OH is 5. The average molecular weight is 1040 g/mol. The fraction of sp³-hybridized carbons (Fsp3) is 0.840. The number of aliphatic hydroxyl groups is 5. The van der Waals surface area contributed by atoms with Gasteiger partial charge in [0.15, 0.2) is 6.10 Å². The third-order valence-corrected chi connectivity index (χ3v) is 13.3. The molecule has 0 bridgehead atoms. The van der Waals surface area contributed by atoms with E-state index in [1.807, 2.05) is 12.2 Å². The van der Waals surface area contributed by atoms with Crippen LogP contribution in [0.3, 0.4) is 0 Å². The molecule has 0 amide bonds. The van der Waals surface area contributed by atoms with E-state index in [1.165, 1.54) is 103 Å². The SMILES string of the molecule is CCCCCCCCC=CCC=CCC=CCCCC(=O)OCC(COCC(O)COP(=O)(O)OC1C(O)C(O)C(O)C(OP(=O)(O)O)C1O)OC(=O)CCCCCCCCCCCCCCCCC. The molecular formula is C50H92O18P2. The molecule has 0 radical (unpaired) electrons. The van der Waals surface area contributed by atoms with Crippen LogP contribution in [0.15, 0.2) is 36.5 Å². The van der Waals surface area contributed by atoms with E-state index in [2.05, 4.69) is 42.7 Å². The molecule has 8 N–H and O–H groups in total. The van der Waals surface area contributed by atoms with Gasteiger partial charge in [-0.2, -0.15) is 0 Å². The van der Waals surface area contributed by atoms with Gasteiger partial charge >= 0.3 is 27.6 Å². The first-order valence-corrected chi connectivity index (χ1v) is 29.2. The molecule has 0 aromatic carbocycles. The lowest BCUT2D eigenvalue weighted by Crippen LogP contribution is -2.64. The number of hydrogen-bond acceptors (Lipinski definition) is 15. The molecular weight excluding hydrogens is 950 g/mol. The predicted octanol–water partition coefficient (Wildman–Crippen LogP) is 8.89. The van der Waals surface area contributed by atoms with Crippen LogP contribution in [-0.2, 0) is 46.5 Å². The molecule has 1 aliphatic rings. The van der Waals surface area contributed by atoms with E-state index in [1.54, 1.807) is 0 Å². The zero-order valence-electron chi connectivity index (χ0n) is 42.3. The molecule has 1 aliphatic carbocycles. The molecule has 9 unspecified atom stereocenters. The van der Waals surface area contributed by atoms with Crippen molar-refractivity contribution in [2.75, 3.05) is 26.4 Å². The van der Waals surface area contributed by atoms with Gasteiger partial charge in [0, 0.05) is 12.8 Å². The minimum atomic E-state index is -5.36. The van der Waals surface area contributed by atoms with Crippen LogP contribution < -0.4 is 0 Å². The quantitative estimate of drug-likeness (QED) is 0.0122. The van der Waals surface area contributed by atoms with Crippen LogP contribution in [0.25, 0.3) is 0 Å². The lowest BCUT2D eigenvalue weighted by Gasteiger charge is -2.43. The van der Waals surface area contributed by atoms with Crippen LogP contribution in [0, 0.1) is 0 Å². The second kappa shape index (κ2) is 41.5. The molecule has 0 aromatic rings. The van der Waals surface area contributed by atoms with Crippen molar-refractivity contribution in [1.29, 1.82) is 0 Å². The Morgan fingerprint density at radius 2 is 0.943 bits per heavy atom. The van der Waals surface area contributed by atoms with Crippen molar-refractivity contribution in [1.82, 2.24) is 0 Å². The fourth-order valence-corrected chi connectivity index (χ4v) is 9.33. The molecule has 0 heterocycles. The highest BCUT2D eigenvalue weighted by Crippen LogP contribution is 2.48. The Bertz CT molecular complexity index is 1510. The van der Waals surface area contributed by atoms with E-state index in [0.29, 0.717) is 19.3 Å². The standard InChI is InChI=1S/C50H92O18P2/c1-3-5-7-9-11-13-15-17-19-20-22-23-25-27-29-31-33-35-43(52)64-40-42(66-44(53)36-34-32-30-28-26-24-21-18-16-14-12-10-8-6-4-2)39-63-37-41(51)38-65-70(61,62)68-50-47(56)45(54)46(55)49(48(50)57)67-69(58,59)60/h17,19,22-23,27,29,41-42,45-51,54-57H,3-16,18,20-21,24-26,28,30-40H2,1-2H3,(H,61,62)(H2,58,59,60). The summed E-state index contributed by atoms with van der Waals surface area (Å²) in [4.78, 5) is 53.9. The third-order valence-electron chi connectivity index (χ3n) is 11.8. The van der Waals surface area contributed by atoms with E-state index >= 15 is 0 Å². The van der Waals surface area contributed by atoms with Crippen LogP contribution >= 0.6 is 15.6 Å². The van der Waals surface area contributed by atoms with Gasteiger partial charge < -0.3 is 54.4 Å². The number of hydrogen-bond donors (Lipinski definition) is 8. The van der Waals surface area contributed by atoms with E-state index in [9.17, 15) is 49.1 Å². The minimum Gasteiger partial charge on any atom is -0.462 e. The molecule has 1 fully saturated rings. The van der Waals surface area contributed by atoms with Gasteiger partial charge in [0.2, 0.25) is 0 Å². The Labute approximate surface area is 418 Å². The lowest BCUT2D eigenvalue weighted by molar-refractivity contribution is -0.216. The second-order valence-electron chi connectivity index (χ2n) is 18.4. The van der Waals surface area contributed by atoms with Crippen molar-refractivity contribution in [2.45, 2.75) is 242 Å². The first kappa shape index (κ1) is 66.2. The highest BCUT2D eigenvalue weighted by Gasteiger charge is 2.54. The van der Waals surface area contributed by atoms with Gasteiger partial charge in [-0.25, -0.2) is 9.13 Å². The van der Waals surface area contributed by atoms with Crippen molar-refractivity contribution >= 4 is 27.6 Å². The Balaban J connectivity index is 2.57. The van der Waals surface area contributed by atoms with E-state index in [4.69, 9.17) is 33.0 Å². The minimum absolute atomic E-state index is 0.134. The number of carbonyl (C=O) groups is 2. The van der Waals surface area contributed by atoms with Gasteiger partial charge in [-0.05, 0) is 44.9 Å². The summed E-state index contributed by atoms with van der Waals surface area (Å²) in [5.41, 5.74) is 0. The molecule has 1 saturated carbocycles. The van der Waals surface area contributed by atoms with E-state index in [0.717, 1.165) is 44.9 Å². The number of phosphoric acid groups is 2. The Kier molecular flexibility index (Phi) is 39.2. The number of allylic oxidation sites excluding steroid dienone is 6. The van der Waals surface area contributed by atoms with E-state index in [-0.39, 0.29) is 26.1 Å². The predicted molar refractivity (Wildman–Crippen MR) is 267 cm³/mol. The van der Waals surface area contributed by atoms with Gasteiger partial charge in [0.05, 0.1) is 19.8 Å². The van der Waals surface area contributed by atoms with Gasteiger partial charge in [-0.1, -0.05) is 172 Å². The molecule has 70 heavy (non-hydrogen) atoms. The van der Waals surface area contributed by atoms with Gasteiger partial charge in [0.1, 0.15) is 49.3 Å². The Morgan fingerprint density at radius 3 is 1.46 bits per heavy atom. The van der Waals surface area contributed by atoms with Crippen molar-refractivity contribution in [3.05, 3.63) is 36.5 Å². The molecule has 0 aromatic heterocycles. The molecule has 0 aliphatic heterocycles. The fourth-order valence-electron chi connectivity index (χ4n) is 7.78. The van der Waals surface area contributed by atoms with E-state index < -0.39 is 89.6 Å². The number of carbonyl (C=O) groups excluding carboxylic acids is 2. The van der Waals surface area contributed by atoms with Crippen LogP contribution in [-0.4, -0.2) is 127 Å². The van der Waals surface area contributed by atoms with Crippen molar-refractivity contribution in [3.63, 3.8) is 0 Å². The van der Waals surface area contributed by atoms with Crippen molar-refractivity contribution in [2.24, 2.45) is 0 Å². The van der Waals surface area contributed by atoms with Gasteiger partial charge in [0.25, 0.3) is 0 Å². The summed E-state index contributed by atoms with van der Waals surface area (Å²) in [7, 11) is -10.6. The molecule has 410 valence electrons. The summed E-state index contributed by atoms with van der Waals surface area (Å²) in [6.45, 7) is 2.37. The normalized spacial score (nSPS) is 21.7. The zero-order chi connectivity index (χ0) is 51.9. The third kappa shape index (κ3) is 35.3. The number of rotatable bonds is 45. The highest BCUT2D eigenvalue weighted by molar-refractivity contribution is 7.47. The second-order valence-corrected chi connectivity index (χ2v) is 21.0. The summed E-state index contributed by atoms with van der Waals surface area (Å²) in [5, 5.41) is 51.3. The molecule has 0 saturated heterocycles. The van der Waals surface area contributed by atoms with Crippen LogP contribution in [0.4, 0.5) is 0 Å². The average Bonchev–Trinajstić information content (AvgIpc) is 3.31. The summed E-state index contributed by atoms with van der Waals surface area (Å²) in [5.74, 6) is -1.00. The maximum atomic E-state index is 12.8. The van der Waals surface area contributed by atoms with Crippen LogP contribution in [0.1, 0.15) is 194 Å². The highest BCUT2D eigenvalue weighted by atomic mass is 31.2. The topological polar surface area (TPSA) is 285 Å². The summed E-state index contributed by atoms with van der Waals surface area (Å²) in [6, 6.07) is 0. The number of ether oxygens (including phenoxy) is 3. The maximum absolute atomic E-state index is 12.8. The zero-order valence-corrected chi connectivity index (χ0v) is 44.1. The first-order chi connectivity index (χ1) is 33.5. The summed E-state index contributed by atoms with van der Waals surface area (Å²) in [6.07, 6.45) is 26.4. The molecule has 1 rings (SSSR count). The number of phosphoric ester groups is 2. The Hall–Kier alpha value is -1.86. The smallest absolute Gasteiger partial charge is 0.462 e. The van der Waals surface area contributed by atoms with Gasteiger partial charge in [-0.3, -0.25) is 23.2 Å². The number of esters is 2. The first-order valence-electron chi connectivity index (χ1n) is 26.2. The molecule has 0 spiro atoms. The summed E-state index contributed by atoms with van der Waals surface area (Å²) < 4.78 is 54.3. The maximum Gasteiger partial charge on any atom is 0.472 e. The molecule has 20 heteroatoms.